The zero-order valence-corrected chi connectivity index (χ0v) is 13.8. The number of carbonyl (C=O) groups excluding carboxylic acids is 1. The summed E-state index contributed by atoms with van der Waals surface area (Å²) in [7, 11) is 0. The molecule has 7 heteroatoms. The van der Waals surface area contributed by atoms with Crippen LogP contribution in [0.15, 0.2) is 42.3 Å². The van der Waals surface area contributed by atoms with Gasteiger partial charge in [-0.1, -0.05) is 0 Å². The molecule has 1 aromatic carbocycles. The van der Waals surface area contributed by atoms with E-state index in [2.05, 4.69) is 15.0 Å². The summed E-state index contributed by atoms with van der Waals surface area (Å²) < 4.78 is 6.88. The average molecular weight is 340 g/mol. The smallest absolute Gasteiger partial charge is 0.253 e. The number of benzene rings is 1. The minimum atomic E-state index is 0.0748. The minimum Gasteiger partial charge on any atom is -0.474 e. The second-order valence-corrected chi connectivity index (χ2v) is 6.58. The van der Waals surface area contributed by atoms with Crippen LogP contribution in [0.4, 0.5) is 0 Å². The number of rotatable bonds is 3. The van der Waals surface area contributed by atoms with E-state index in [-0.39, 0.29) is 12.0 Å². The molecule has 2 aromatic heterocycles. The van der Waals surface area contributed by atoms with Crippen LogP contribution in [0.5, 0.6) is 5.88 Å². The quantitative estimate of drug-likeness (QED) is 0.733. The Bertz CT molecular complexity index is 844. The van der Waals surface area contributed by atoms with Crippen LogP contribution in [0.1, 0.15) is 23.2 Å². The highest BCUT2D eigenvalue weighted by Gasteiger charge is 2.25. The lowest BCUT2D eigenvalue weighted by atomic mass is 10.1. The van der Waals surface area contributed by atoms with E-state index in [1.54, 1.807) is 29.1 Å². The molecule has 1 fully saturated rings. The van der Waals surface area contributed by atoms with Crippen LogP contribution in [-0.2, 0) is 0 Å². The highest BCUT2D eigenvalue weighted by atomic mass is 32.1. The molecule has 3 aromatic rings. The molecule has 4 rings (SSSR count). The lowest BCUT2D eigenvalue weighted by molar-refractivity contribution is 0.0588. The maximum absolute atomic E-state index is 12.7. The summed E-state index contributed by atoms with van der Waals surface area (Å²) in [6.45, 7) is 1.38. The van der Waals surface area contributed by atoms with Gasteiger partial charge in [-0.25, -0.2) is 15.0 Å². The van der Waals surface area contributed by atoms with Crippen molar-refractivity contribution in [2.45, 2.75) is 18.9 Å². The molecular formula is C17H16N4O2S. The Morgan fingerprint density at radius 1 is 1.21 bits per heavy atom. The number of carbonyl (C=O) groups is 1. The van der Waals surface area contributed by atoms with Crippen molar-refractivity contribution in [3.63, 3.8) is 0 Å². The highest BCUT2D eigenvalue weighted by molar-refractivity contribution is 7.16. The van der Waals surface area contributed by atoms with Gasteiger partial charge in [-0.2, -0.15) is 0 Å². The summed E-state index contributed by atoms with van der Waals surface area (Å²) >= 11 is 1.55. The maximum atomic E-state index is 12.7. The number of aromatic nitrogens is 3. The summed E-state index contributed by atoms with van der Waals surface area (Å²) in [4.78, 5) is 26.8. The molecule has 0 saturated carbocycles. The molecule has 1 amide bonds. The first-order chi connectivity index (χ1) is 11.8. The van der Waals surface area contributed by atoms with E-state index < -0.39 is 0 Å². The van der Waals surface area contributed by atoms with Crippen LogP contribution >= 0.6 is 11.3 Å². The van der Waals surface area contributed by atoms with Crippen LogP contribution in [-0.4, -0.2) is 45.0 Å². The van der Waals surface area contributed by atoms with Gasteiger partial charge in [0.2, 0.25) is 5.88 Å². The van der Waals surface area contributed by atoms with Crippen molar-refractivity contribution < 1.29 is 9.53 Å². The molecule has 1 aliphatic heterocycles. The molecule has 0 N–H and O–H groups in total. The predicted molar refractivity (Wildman–Crippen MR) is 91.2 cm³/mol. The summed E-state index contributed by atoms with van der Waals surface area (Å²) in [6, 6.07) is 7.44. The molecular weight excluding hydrogens is 324 g/mol. The van der Waals surface area contributed by atoms with Gasteiger partial charge >= 0.3 is 0 Å². The van der Waals surface area contributed by atoms with Crippen LogP contribution in [0.3, 0.4) is 0 Å². The van der Waals surface area contributed by atoms with Crippen molar-refractivity contribution >= 4 is 27.5 Å². The van der Waals surface area contributed by atoms with Gasteiger partial charge < -0.3 is 9.64 Å². The second-order valence-electron chi connectivity index (χ2n) is 5.69. The molecule has 0 atom stereocenters. The van der Waals surface area contributed by atoms with E-state index in [4.69, 9.17) is 4.74 Å². The summed E-state index contributed by atoms with van der Waals surface area (Å²) in [5, 5.41) is 0. The third kappa shape index (κ3) is 3.07. The Balaban J connectivity index is 1.39. The first-order valence-corrected chi connectivity index (χ1v) is 8.73. The van der Waals surface area contributed by atoms with E-state index in [9.17, 15) is 4.79 Å². The lowest BCUT2D eigenvalue weighted by Crippen LogP contribution is -2.41. The molecule has 0 spiro atoms. The molecule has 1 aliphatic rings. The Labute approximate surface area is 143 Å². The SMILES string of the molecule is O=C(c1ccc2ncsc2c1)N1CCC(Oc2ccncn2)CC1. The fourth-order valence-electron chi connectivity index (χ4n) is 2.87. The Kier molecular flexibility index (Phi) is 4.08. The van der Waals surface area contributed by atoms with Crippen molar-refractivity contribution in [1.82, 2.24) is 19.9 Å². The fraction of sp³-hybridized carbons (Fsp3) is 0.294. The van der Waals surface area contributed by atoms with Gasteiger partial charge in [-0.3, -0.25) is 4.79 Å². The van der Waals surface area contributed by atoms with Gasteiger partial charge in [0.15, 0.2) is 0 Å². The zero-order chi connectivity index (χ0) is 16.4. The normalized spacial score (nSPS) is 15.6. The van der Waals surface area contributed by atoms with E-state index in [0.717, 1.165) is 28.6 Å². The van der Waals surface area contributed by atoms with Crippen molar-refractivity contribution in [2.24, 2.45) is 0 Å². The van der Waals surface area contributed by atoms with Gasteiger partial charge in [0.1, 0.15) is 12.4 Å². The largest absolute Gasteiger partial charge is 0.474 e. The Morgan fingerprint density at radius 2 is 2.08 bits per heavy atom. The number of likely N-dealkylation sites (tertiary alicyclic amines) is 1. The Morgan fingerprint density at radius 3 is 2.88 bits per heavy atom. The van der Waals surface area contributed by atoms with Crippen molar-refractivity contribution in [2.75, 3.05) is 13.1 Å². The molecule has 122 valence electrons. The summed E-state index contributed by atoms with van der Waals surface area (Å²) in [5.41, 5.74) is 3.46. The lowest BCUT2D eigenvalue weighted by Gasteiger charge is -2.32. The third-order valence-electron chi connectivity index (χ3n) is 4.15. The van der Waals surface area contributed by atoms with Crippen molar-refractivity contribution in [3.8, 4) is 5.88 Å². The van der Waals surface area contributed by atoms with E-state index in [1.807, 2.05) is 23.1 Å². The first-order valence-electron chi connectivity index (χ1n) is 7.85. The van der Waals surface area contributed by atoms with Gasteiger partial charge in [0.25, 0.3) is 5.91 Å². The van der Waals surface area contributed by atoms with Crippen molar-refractivity contribution in [3.05, 3.63) is 47.9 Å². The summed E-state index contributed by atoms with van der Waals surface area (Å²) in [5.74, 6) is 0.663. The molecule has 0 aliphatic carbocycles. The summed E-state index contributed by atoms with van der Waals surface area (Å²) in [6.07, 6.45) is 4.84. The van der Waals surface area contributed by atoms with Gasteiger partial charge in [0.05, 0.1) is 15.7 Å². The molecule has 0 bridgehead atoms. The number of thiazole rings is 1. The number of ether oxygens (including phenoxy) is 1. The molecule has 6 nitrogen and oxygen atoms in total. The molecule has 3 heterocycles. The number of hydrogen-bond donors (Lipinski definition) is 0. The maximum Gasteiger partial charge on any atom is 0.253 e. The fourth-order valence-corrected chi connectivity index (χ4v) is 3.58. The topological polar surface area (TPSA) is 68.2 Å². The standard InChI is InChI=1S/C17H16N4O2S/c22-17(12-1-2-14-15(9-12)24-11-20-14)21-7-4-13(5-8-21)23-16-3-6-18-10-19-16/h1-3,6,9-11,13H,4-5,7-8H2. The second kappa shape index (κ2) is 6.52. The van der Waals surface area contributed by atoms with Gasteiger partial charge in [0, 0.05) is 43.8 Å². The number of piperidine rings is 1. The molecule has 0 unspecified atom stereocenters. The van der Waals surface area contributed by atoms with E-state index >= 15 is 0 Å². The average Bonchev–Trinajstić information content (AvgIpc) is 3.10. The first kappa shape index (κ1) is 15.0. The van der Waals surface area contributed by atoms with E-state index in [1.165, 1.54) is 6.33 Å². The van der Waals surface area contributed by atoms with Crippen LogP contribution in [0.25, 0.3) is 10.2 Å². The number of nitrogens with zero attached hydrogens (tertiary/aromatic N) is 4. The highest BCUT2D eigenvalue weighted by Crippen LogP contribution is 2.22. The number of hydrogen-bond acceptors (Lipinski definition) is 6. The predicted octanol–water partition coefficient (Wildman–Crippen LogP) is 2.77. The van der Waals surface area contributed by atoms with Crippen LogP contribution in [0.2, 0.25) is 0 Å². The Hall–Kier alpha value is -2.54. The monoisotopic (exact) mass is 340 g/mol. The molecule has 24 heavy (non-hydrogen) atoms. The minimum absolute atomic E-state index is 0.0748. The number of amides is 1. The van der Waals surface area contributed by atoms with E-state index in [0.29, 0.717) is 19.0 Å². The van der Waals surface area contributed by atoms with Gasteiger partial charge in [-0.15, -0.1) is 11.3 Å². The molecule has 0 radical (unpaired) electrons. The van der Waals surface area contributed by atoms with Gasteiger partial charge in [-0.05, 0) is 18.2 Å². The van der Waals surface area contributed by atoms with Crippen LogP contribution in [0, 0.1) is 0 Å². The molecule has 1 saturated heterocycles. The van der Waals surface area contributed by atoms with Crippen molar-refractivity contribution in [1.29, 1.82) is 0 Å². The third-order valence-corrected chi connectivity index (χ3v) is 4.94. The number of fused-ring (bicyclic) bond motifs is 1. The zero-order valence-electron chi connectivity index (χ0n) is 13.0. The van der Waals surface area contributed by atoms with Crippen LogP contribution < -0.4 is 4.74 Å².